The molecule has 1 N–H and O–H groups in total. The van der Waals surface area contributed by atoms with Crippen molar-refractivity contribution in [2.24, 2.45) is 11.8 Å². The van der Waals surface area contributed by atoms with Crippen molar-refractivity contribution >= 4 is 11.9 Å². The first-order valence-electron chi connectivity index (χ1n) is 8.13. The van der Waals surface area contributed by atoms with Crippen LogP contribution >= 0.6 is 0 Å². The average Bonchev–Trinajstić information content (AvgIpc) is 2.55. The van der Waals surface area contributed by atoms with Gasteiger partial charge in [-0.05, 0) is 37.7 Å². The van der Waals surface area contributed by atoms with Crippen molar-refractivity contribution in [2.45, 2.75) is 39.0 Å². The van der Waals surface area contributed by atoms with Gasteiger partial charge in [0, 0.05) is 19.0 Å². The van der Waals surface area contributed by atoms with Crippen LogP contribution in [-0.2, 0) is 16.0 Å². The highest BCUT2D eigenvalue weighted by molar-refractivity contribution is 5.79. The minimum Gasteiger partial charge on any atom is -0.481 e. The molecule has 1 aromatic rings. The molecule has 22 heavy (non-hydrogen) atoms. The number of aliphatic carboxylic acids is 1. The van der Waals surface area contributed by atoms with E-state index in [1.807, 2.05) is 25.1 Å². The Kier molecular flexibility index (Phi) is 5.99. The van der Waals surface area contributed by atoms with Crippen LogP contribution < -0.4 is 0 Å². The molecule has 1 heterocycles. The normalized spacial score (nSPS) is 19.7. The van der Waals surface area contributed by atoms with Gasteiger partial charge in [0.1, 0.15) is 0 Å². The van der Waals surface area contributed by atoms with E-state index in [1.54, 1.807) is 4.90 Å². The molecular weight excluding hydrogens is 278 g/mol. The number of hydrogen-bond donors (Lipinski definition) is 1. The highest BCUT2D eigenvalue weighted by atomic mass is 16.4. The lowest BCUT2D eigenvalue weighted by Gasteiger charge is -2.32. The summed E-state index contributed by atoms with van der Waals surface area (Å²) < 4.78 is 0. The van der Waals surface area contributed by atoms with Crippen molar-refractivity contribution in [1.82, 2.24) is 4.90 Å². The van der Waals surface area contributed by atoms with Gasteiger partial charge in [-0.1, -0.05) is 37.3 Å². The Morgan fingerprint density at radius 2 is 2.05 bits per heavy atom. The lowest BCUT2D eigenvalue weighted by molar-refractivity contribution is -0.146. The van der Waals surface area contributed by atoms with Crippen LogP contribution in [0.2, 0.25) is 0 Å². The van der Waals surface area contributed by atoms with Crippen molar-refractivity contribution in [3.8, 4) is 0 Å². The number of piperidine rings is 1. The fraction of sp³-hybridized carbons (Fsp3) is 0.556. The van der Waals surface area contributed by atoms with Crippen molar-refractivity contribution in [1.29, 1.82) is 0 Å². The van der Waals surface area contributed by atoms with E-state index in [1.165, 1.54) is 5.56 Å². The highest BCUT2D eigenvalue weighted by Gasteiger charge is 2.29. The van der Waals surface area contributed by atoms with Crippen LogP contribution in [0.15, 0.2) is 30.3 Å². The third-order valence-electron chi connectivity index (χ3n) is 4.45. The molecule has 4 nitrogen and oxygen atoms in total. The van der Waals surface area contributed by atoms with Crippen LogP contribution in [-0.4, -0.2) is 35.0 Å². The number of likely N-dealkylation sites (tertiary alicyclic amines) is 1. The Bertz CT molecular complexity index is 500. The topological polar surface area (TPSA) is 57.6 Å². The van der Waals surface area contributed by atoms with E-state index in [-0.39, 0.29) is 11.8 Å². The lowest BCUT2D eigenvalue weighted by atomic mass is 9.95. The van der Waals surface area contributed by atoms with Crippen molar-refractivity contribution in [2.75, 3.05) is 13.1 Å². The van der Waals surface area contributed by atoms with Crippen LogP contribution in [0, 0.1) is 11.8 Å². The summed E-state index contributed by atoms with van der Waals surface area (Å²) in [5.74, 6) is -1.10. The molecule has 1 fully saturated rings. The number of carbonyl (C=O) groups is 2. The molecule has 4 heteroatoms. The number of benzene rings is 1. The zero-order valence-corrected chi connectivity index (χ0v) is 13.2. The molecule has 0 bridgehead atoms. The Balaban J connectivity index is 1.78. The molecular formula is C18H25NO3. The number of hydrogen-bond acceptors (Lipinski definition) is 2. The second kappa shape index (κ2) is 7.97. The summed E-state index contributed by atoms with van der Waals surface area (Å²) in [6.07, 6.45) is 4.28. The molecule has 1 aromatic carbocycles. The summed E-state index contributed by atoms with van der Waals surface area (Å²) in [5, 5.41) is 9.11. The van der Waals surface area contributed by atoms with Crippen LogP contribution in [0.1, 0.15) is 38.2 Å². The van der Waals surface area contributed by atoms with Crippen molar-refractivity contribution in [3.05, 3.63) is 35.9 Å². The molecule has 0 saturated carbocycles. The largest absolute Gasteiger partial charge is 0.481 e. The van der Waals surface area contributed by atoms with Crippen molar-refractivity contribution in [3.63, 3.8) is 0 Å². The quantitative estimate of drug-likeness (QED) is 0.879. The molecule has 1 aliphatic rings. The predicted molar refractivity (Wildman–Crippen MR) is 85.5 cm³/mol. The van der Waals surface area contributed by atoms with Crippen LogP contribution in [0.3, 0.4) is 0 Å². The molecule has 0 aromatic heterocycles. The minimum atomic E-state index is -0.783. The SMILES string of the molecule is CC(CCCc1ccccc1)C(=O)N1CCCC(C(=O)O)C1. The number of carboxylic acid groups (broad SMARTS) is 1. The molecule has 2 unspecified atom stereocenters. The van der Waals surface area contributed by atoms with Crippen molar-refractivity contribution < 1.29 is 14.7 Å². The molecule has 1 aliphatic heterocycles. The number of nitrogens with zero attached hydrogens (tertiary/aromatic N) is 1. The Morgan fingerprint density at radius 1 is 1.32 bits per heavy atom. The van der Waals surface area contributed by atoms with E-state index < -0.39 is 11.9 Å². The minimum absolute atomic E-state index is 0.0312. The van der Waals surface area contributed by atoms with Gasteiger partial charge in [-0.2, -0.15) is 0 Å². The third kappa shape index (κ3) is 4.58. The third-order valence-corrected chi connectivity index (χ3v) is 4.45. The van der Waals surface area contributed by atoms with Gasteiger partial charge in [0.05, 0.1) is 5.92 Å². The number of carboxylic acids is 1. The first-order valence-corrected chi connectivity index (χ1v) is 8.13. The zero-order chi connectivity index (χ0) is 15.9. The van der Waals surface area contributed by atoms with E-state index in [9.17, 15) is 9.59 Å². The zero-order valence-electron chi connectivity index (χ0n) is 13.2. The fourth-order valence-corrected chi connectivity index (χ4v) is 3.07. The predicted octanol–water partition coefficient (Wildman–Crippen LogP) is 2.97. The van der Waals surface area contributed by atoms with Gasteiger partial charge in [0.25, 0.3) is 0 Å². The smallest absolute Gasteiger partial charge is 0.308 e. The van der Waals surface area contributed by atoms with E-state index in [4.69, 9.17) is 5.11 Å². The number of aryl methyl sites for hydroxylation is 1. The summed E-state index contributed by atoms with van der Waals surface area (Å²) >= 11 is 0. The average molecular weight is 303 g/mol. The molecule has 0 spiro atoms. The first-order chi connectivity index (χ1) is 10.6. The maximum atomic E-state index is 12.4. The molecule has 0 aliphatic carbocycles. The summed E-state index contributed by atoms with van der Waals surface area (Å²) in [5.41, 5.74) is 1.30. The maximum absolute atomic E-state index is 12.4. The van der Waals surface area contributed by atoms with Crippen LogP contribution in [0.25, 0.3) is 0 Å². The summed E-state index contributed by atoms with van der Waals surface area (Å²) in [6.45, 7) is 3.03. The molecule has 2 atom stereocenters. The van der Waals surface area contributed by atoms with E-state index in [2.05, 4.69) is 12.1 Å². The Morgan fingerprint density at radius 3 is 2.73 bits per heavy atom. The van der Waals surface area contributed by atoms with Gasteiger partial charge in [-0.3, -0.25) is 9.59 Å². The molecule has 0 radical (unpaired) electrons. The second-order valence-corrected chi connectivity index (χ2v) is 6.24. The monoisotopic (exact) mass is 303 g/mol. The highest BCUT2D eigenvalue weighted by Crippen LogP contribution is 2.20. The van der Waals surface area contributed by atoms with Gasteiger partial charge in [-0.15, -0.1) is 0 Å². The van der Waals surface area contributed by atoms with Gasteiger partial charge in [0.15, 0.2) is 0 Å². The standard InChI is InChI=1S/C18H25NO3/c1-14(7-5-10-15-8-3-2-4-9-15)17(20)19-12-6-11-16(13-19)18(21)22/h2-4,8-9,14,16H,5-7,10-13H2,1H3,(H,21,22). The molecule has 1 amide bonds. The lowest BCUT2D eigenvalue weighted by Crippen LogP contribution is -2.44. The Labute approximate surface area is 132 Å². The number of amides is 1. The Hall–Kier alpha value is -1.84. The van der Waals surface area contributed by atoms with E-state index in [0.29, 0.717) is 19.5 Å². The molecule has 120 valence electrons. The first kappa shape index (κ1) is 16.5. The maximum Gasteiger partial charge on any atom is 0.308 e. The van der Waals surface area contributed by atoms with Gasteiger partial charge in [-0.25, -0.2) is 0 Å². The molecule has 2 rings (SSSR count). The number of rotatable bonds is 6. The van der Waals surface area contributed by atoms with E-state index in [0.717, 1.165) is 25.7 Å². The van der Waals surface area contributed by atoms with Gasteiger partial charge < -0.3 is 10.0 Å². The summed E-state index contributed by atoms with van der Waals surface area (Å²) in [7, 11) is 0. The second-order valence-electron chi connectivity index (χ2n) is 6.24. The number of carbonyl (C=O) groups excluding carboxylic acids is 1. The van der Waals surface area contributed by atoms with Gasteiger partial charge >= 0.3 is 5.97 Å². The van der Waals surface area contributed by atoms with Crippen LogP contribution in [0.4, 0.5) is 0 Å². The van der Waals surface area contributed by atoms with Crippen LogP contribution in [0.5, 0.6) is 0 Å². The van der Waals surface area contributed by atoms with Gasteiger partial charge in [0.2, 0.25) is 5.91 Å². The fourth-order valence-electron chi connectivity index (χ4n) is 3.07. The summed E-state index contributed by atoms with van der Waals surface area (Å²) in [4.78, 5) is 25.3. The summed E-state index contributed by atoms with van der Waals surface area (Å²) in [6, 6.07) is 10.3. The molecule has 1 saturated heterocycles. The van der Waals surface area contributed by atoms with E-state index >= 15 is 0 Å².